The lowest BCUT2D eigenvalue weighted by molar-refractivity contribution is 0.00699. The van der Waals surface area contributed by atoms with Gasteiger partial charge < -0.3 is 14.2 Å². The molecule has 0 aromatic heterocycles. The summed E-state index contributed by atoms with van der Waals surface area (Å²) in [4.78, 5) is 0. The van der Waals surface area contributed by atoms with Crippen molar-refractivity contribution in [3.05, 3.63) is 43.2 Å². The van der Waals surface area contributed by atoms with Gasteiger partial charge in [-0.3, -0.25) is 0 Å². The van der Waals surface area contributed by atoms with Crippen molar-refractivity contribution in [3.63, 3.8) is 0 Å². The lowest BCUT2D eigenvalue weighted by atomic mass is 10.3. The van der Waals surface area contributed by atoms with E-state index in [-0.39, 0.29) is 6.10 Å². The molecule has 1 atom stereocenters. The van der Waals surface area contributed by atoms with Crippen LogP contribution < -0.4 is 4.74 Å². The number of hydrogen-bond donors (Lipinski definition) is 0. The second-order valence-electron chi connectivity index (χ2n) is 3.34. The van der Waals surface area contributed by atoms with Crippen LogP contribution in [-0.2, 0) is 9.47 Å². The van der Waals surface area contributed by atoms with Gasteiger partial charge in [0.1, 0.15) is 19.0 Å². The molecule has 0 bridgehead atoms. The molecule has 0 aliphatic rings. The molecule has 88 valence electrons. The molecule has 0 N–H and O–H groups in total. The molecule has 1 aromatic rings. The van der Waals surface area contributed by atoms with E-state index < -0.39 is 0 Å². The number of benzene rings is 1. The Hall–Kier alpha value is -1.48. The largest absolute Gasteiger partial charge is 0.499 e. The van der Waals surface area contributed by atoms with Crippen molar-refractivity contribution in [2.24, 2.45) is 0 Å². The quantitative estimate of drug-likeness (QED) is 0.500. The van der Waals surface area contributed by atoms with E-state index in [2.05, 4.69) is 6.58 Å². The van der Waals surface area contributed by atoms with E-state index in [1.165, 1.54) is 6.26 Å². The molecule has 1 aromatic carbocycles. The third-order valence-corrected chi connectivity index (χ3v) is 1.95. The van der Waals surface area contributed by atoms with Crippen molar-refractivity contribution >= 4 is 0 Å². The van der Waals surface area contributed by atoms with E-state index in [0.717, 1.165) is 5.75 Å². The molecule has 0 amide bonds. The molecule has 0 fully saturated rings. The maximum absolute atomic E-state index is 5.47. The lowest BCUT2D eigenvalue weighted by Gasteiger charge is -2.12. The van der Waals surface area contributed by atoms with Gasteiger partial charge in [-0.2, -0.15) is 0 Å². The van der Waals surface area contributed by atoms with Gasteiger partial charge in [0.25, 0.3) is 0 Å². The Balaban J connectivity index is 2.05. The molecule has 1 rings (SSSR count). The monoisotopic (exact) mass is 222 g/mol. The second kappa shape index (κ2) is 7.77. The molecule has 0 saturated heterocycles. The van der Waals surface area contributed by atoms with Gasteiger partial charge in [0, 0.05) is 0 Å². The maximum Gasteiger partial charge on any atom is 0.119 e. The van der Waals surface area contributed by atoms with Crippen molar-refractivity contribution in [2.45, 2.75) is 13.0 Å². The zero-order valence-electron chi connectivity index (χ0n) is 9.59. The van der Waals surface area contributed by atoms with E-state index in [9.17, 15) is 0 Å². The minimum Gasteiger partial charge on any atom is -0.499 e. The summed E-state index contributed by atoms with van der Waals surface area (Å²) in [5, 5.41) is 0. The Bertz CT molecular complexity index is 284. The Morgan fingerprint density at radius 1 is 1.25 bits per heavy atom. The molecule has 0 heterocycles. The van der Waals surface area contributed by atoms with Gasteiger partial charge in [0.05, 0.1) is 19.0 Å². The maximum atomic E-state index is 5.47. The third kappa shape index (κ3) is 5.41. The standard InChI is InChI=1S/C13H18O3/c1-3-14-11-12(2)15-9-10-16-13-7-5-4-6-8-13/h3-8,12H,1,9-11H2,2H3. The molecular weight excluding hydrogens is 204 g/mol. The second-order valence-corrected chi connectivity index (χ2v) is 3.34. The van der Waals surface area contributed by atoms with Crippen molar-refractivity contribution in [1.82, 2.24) is 0 Å². The van der Waals surface area contributed by atoms with Crippen LogP contribution in [0.2, 0.25) is 0 Å². The molecule has 1 unspecified atom stereocenters. The minimum absolute atomic E-state index is 0.0531. The number of rotatable bonds is 8. The van der Waals surface area contributed by atoms with Crippen LogP contribution in [0.3, 0.4) is 0 Å². The number of ether oxygens (including phenoxy) is 3. The molecule has 3 nitrogen and oxygen atoms in total. The Morgan fingerprint density at radius 2 is 2.00 bits per heavy atom. The summed E-state index contributed by atoms with van der Waals surface area (Å²) in [5.41, 5.74) is 0. The van der Waals surface area contributed by atoms with Gasteiger partial charge in [-0.05, 0) is 19.1 Å². The van der Waals surface area contributed by atoms with Crippen LogP contribution in [0, 0.1) is 0 Å². The summed E-state index contributed by atoms with van der Waals surface area (Å²) in [6.07, 6.45) is 1.47. The smallest absolute Gasteiger partial charge is 0.119 e. The number of hydrogen-bond acceptors (Lipinski definition) is 3. The third-order valence-electron chi connectivity index (χ3n) is 1.95. The van der Waals surface area contributed by atoms with Gasteiger partial charge in [0.15, 0.2) is 0 Å². The lowest BCUT2D eigenvalue weighted by Crippen LogP contribution is -2.18. The minimum atomic E-state index is 0.0531. The molecule has 0 spiro atoms. The molecular formula is C13H18O3. The van der Waals surface area contributed by atoms with Crippen molar-refractivity contribution in [1.29, 1.82) is 0 Å². The van der Waals surface area contributed by atoms with E-state index >= 15 is 0 Å². The van der Waals surface area contributed by atoms with Crippen molar-refractivity contribution < 1.29 is 14.2 Å². The molecule has 16 heavy (non-hydrogen) atoms. The van der Waals surface area contributed by atoms with Gasteiger partial charge >= 0.3 is 0 Å². The first-order chi connectivity index (χ1) is 7.83. The van der Waals surface area contributed by atoms with Crippen LogP contribution >= 0.6 is 0 Å². The molecule has 0 aliphatic carbocycles. The van der Waals surface area contributed by atoms with Crippen LogP contribution in [-0.4, -0.2) is 25.9 Å². The first kappa shape index (κ1) is 12.6. The SMILES string of the molecule is C=COCC(C)OCCOc1ccccc1. The van der Waals surface area contributed by atoms with Crippen LogP contribution in [0.5, 0.6) is 5.75 Å². The Labute approximate surface area is 96.6 Å². The summed E-state index contributed by atoms with van der Waals surface area (Å²) in [6.45, 7) is 7.04. The first-order valence-electron chi connectivity index (χ1n) is 5.35. The Morgan fingerprint density at radius 3 is 2.69 bits per heavy atom. The van der Waals surface area contributed by atoms with Crippen LogP contribution in [0.4, 0.5) is 0 Å². The first-order valence-corrected chi connectivity index (χ1v) is 5.35. The van der Waals surface area contributed by atoms with Gasteiger partial charge in [0.2, 0.25) is 0 Å². The summed E-state index contributed by atoms with van der Waals surface area (Å²) in [7, 11) is 0. The van der Waals surface area contributed by atoms with Gasteiger partial charge in [-0.15, -0.1) is 0 Å². The molecule has 0 radical (unpaired) electrons. The fraction of sp³-hybridized carbons (Fsp3) is 0.385. The fourth-order valence-corrected chi connectivity index (χ4v) is 1.18. The van der Waals surface area contributed by atoms with Crippen molar-refractivity contribution in [2.75, 3.05) is 19.8 Å². The highest BCUT2D eigenvalue weighted by molar-refractivity contribution is 5.20. The van der Waals surface area contributed by atoms with E-state index in [0.29, 0.717) is 19.8 Å². The highest BCUT2D eigenvalue weighted by Gasteiger charge is 2.01. The number of para-hydroxylation sites is 1. The van der Waals surface area contributed by atoms with E-state index in [4.69, 9.17) is 14.2 Å². The summed E-state index contributed by atoms with van der Waals surface area (Å²) in [5.74, 6) is 0.862. The molecule has 0 aliphatic heterocycles. The summed E-state index contributed by atoms with van der Waals surface area (Å²) < 4.78 is 16.0. The average Bonchev–Trinajstić information content (AvgIpc) is 2.33. The van der Waals surface area contributed by atoms with E-state index in [1.54, 1.807) is 0 Å². The van der Waals surface area contributed by atoms with Crippen LogP contribution in [0.15, 0.2) is 43.2 Å². The average molecular weight is 222 g/mol. The van der Waals surface area contributed by atoms with Crippen LogP contribution in [0.25, 0.3) is 0 Å². The Kier molecular flexibility index (Phi) is 6.11. The molecule has 0 saturated carbocycles. The predicted octanol–water partition coefficient (Wildman–Crippen LogP) is 2.63. The fourth-order valence-electron chi connectivity index (χ4n) is 1.18. The highest BCUT2D eigenvalue weighted by Crippen LogP contribution is 2.07. The van der Waals surface area contributed by atoms with Crippen LogP contribution in [0.1, 0.15) is 6.92 Å². The van der Waals surface area contributed by atoms with Crippen molar-refractivity contribution in [3.8, 4) is 5.75 Å². The topological polar surface area (TPSA) is 27.7 Å². The van der Waals surface area contributed by atoms with Gasteiger partial charge in [-0.1, -0.05) is 24.8 Å². The predicted molar refractivity (Wildman–Crippen MR) is 63.5 cm³/mol. The zero-order valence-corrected chi connectivity index (χ0v) is 9.59. The molecule has 3 heteroatoms. The summed E-state index contributed by atoms with van der Waals surface area (Å²) >= 11 is 0. The summed E-state index contributed by atoms with van der Waals surface area (Å²) in [6, 6.07) is 9.68. The van der Waals surface area contributed by atoms with Gasteiger partial charge in [-0.25, -0.2) is 0 Å². The normalized spacial score (nSPS) is 11.8. The highest BCUT2D eigenvalue weighted by atomic mass is 16.5. The van der Waals surface area contributed by atoms with E-state index in [1.807, 2.05) is 37.3 Å². The zero-order chi connectivity index (χ0) is 11.6.